The van der Waals surface area contributed by atoms with Gasteiger partial charge in [-0.3, -0.25) is 4.90 Å². The number of ether oxygens (including phenoxy) is 1. The van der Waals surface area contributed by atoms with Crippen molar-refractivity contribution in [3.63, 3.8) is 0 Å². The Kier molecular flexibility index (Phi) is 6.07. The number of hydrogen-bond acceptors (Lipinski definition) is 6. The number of aromatic carboxylic acids is 1. The van der Waals surface area contributed by atoms with Gasteiger partial charge in [0.05, 0.1) is 5.56 Å². The highest BCUT2D eigenvalue weighted by Gasteiger charge is 2.30. The first-order valence-electron chi connectivity index (χ1n) is 9.89. The van der Waals surface area contributed by atoms with Gasteiger partial charge < -0.3 is 19.6 Å². The van der Waals surface area contributed by atoms with E-state index in [4.69, 9.17) is 9.84 Å². The maximum absolute atomic E-state index is 12.2. The molecule has 2 aliphatic rings. The second-order valence-corrected chi connectivity index (χ2v) is 8.43. The molecule has 2 aliphatic heterocycles. The molecule has 1 N–H and O–H groups in total. The van der Waals surface area contributed by atoms with E-state index in [-0.39, 0.29) is 11.7 Å². The fourth-order valence-electron chi connectivity index (χ4n) is 3.76. The third kappa shape index (κ3) is 5.13. The minimum absolute atomic E-state index is 0.210. The summed E-state index contributed by atoms with van der Waals surface area (Å²) in [6.45, 7) is 10.6. The maximum atomic E-state index is 12.2. The van der Waals surface area contributed by atoms with Gasteiger partial charge in [-0.2, -0.15) is 0 Å². The molecule has 0 saturated carbocycles. The average molecular weight is 390 g/mol. The molecule has 8 heteroatoms. The summed E-state index contributed by atoms with van der Waals surface area (Å²) in [7, 11) is 0. The molecule has 0 atom stereocenters. The van der Waals surface area contributed by atoms with Crippen molar-refractivity contribution in [2.45, 2.75) is 45.3 Å². The lowest BCUT2D eigenvalue weighted by Gasteiger charge is -2.43. The Labute approximate surface area is 166 Å². The predicted molar refractivity (Wildman–Crippen MR) is 106 cm³/mol. The van der Waals surface area contributed by atoms with Crippen LogP contribution >= 0.6 is 0 Å². The lowest BCUT2D eigenvalue weighted by Crippen LogP contribution is -2.55. The molecule has 0 spiro atoms. The molecule has 1 aromatic heterocycles. The van der Waals surface area contributed by atoms with Crippen LogP contribution in [0.4, 0.5) is 10.6 Å². The lowest BCUT2D eigenvalue weighted by atomic mass is 10.0. The van der Waals surface area contributed by atoms with Crippen LogP contribution in [0.1, 0.15) is 44.0 Å². The number of aromatic nitrogens is 1. The summed E-state index contributed by atoms with van der Waals surface area (Å²) in [4.78, 5) is 33.9. The van der Waals surface area contributed by atoms with Gasteiger partial charge in [0.2, 0.25) is 0 Å². The van der Waals surface area contributed by atoms with Gasteiger partial charge in [0.15, 0.2) is 0 Å². The van der Waals surface area contributed by atoms with Gasteiger partial charge in [-0.1, -0.05) is 0 Å². The normalized spacial score (nSPS) is 19.5. The van der Waals surface area contributed by atoms with Crippen molar-refractivity contribution >= 4 is 17.9 Å². The number of piperazine rings is 1. The van der Waals surface area contributed by atoms with Gasteiger partial charge in [-0.25, -0.2) is 14.6 Å². The van der Waals surface area contributed by atoms with Crippen molar-refractivity contribution < 1.29 is 19.4 Å². The third-order valence-corrected chi connectivity index (χ3v) is 5.27. The average Bonchev–Trinajstić information content (AvgIpc) is 2.67. The van der Waals surface area contributed by atoms with Crippen LogP contribution < -0.4 is 4.90 Å². The number of anilines is 1. The molecule has 1 amide bonds. The van der Waals surface area contributed by atoms with Crippen molar-refractivity contribution in [3.05, 3.63) is 23.9 Å². The molecule has 0 unspecified atom stereocenters. The molecule has 2 saturated heterocycles. The van der Waals surface area contributed by atoms with Crippen LogP contribution in [0.25, 0.3) is 0 Å². The zero-order valence-corrected chi connectivity index (χ0v) is 16.9. The Balaban J connectivity index is 1.46. The van der Waals surface area contributed by atoms with Gasteiger partial charge in [0.25, 0.3) is 0 Å². The summed E-state index contributed by atoms with van der Waals surface area (Å²) in [5, 5.41) is 8.98. The first-order chi connectivity index (χ1) is 13.2. The largest absolute Gasteiger partial charge is 0.478 e. The van der Waals surface area contributed by atoms with Gasteiger partial charge in [-0.05, 0) is 45.7 Å². The molecule has 3 rings (SSSR count). The number of carbonyl (C=O) groups excluding carboxylic acids is 1. The van der Waals surface area contributed by atoms with Gasteiger partial charge in [0.1, 0.15) is 11.4 Å². The van der Waals surface area contributed by atoms with E-state index in [2.05, 4.69) is 14.8 Å². The molecule has 0 radical (unpaired) electrons. The molecule has 1 aromatic rings. The van der Waals surface area contributed by atoms with Crippen LogP contribution in [0.3, 0.4) is 0 Å². The third-order valence-electron chi connectivity index (χ3n) is 5.27. The first-order valence-corrected chi connectivity index (χ1v) is 9.89. The summed E-state index contributed by atoms with van der Waals surface area (Å²) in [6.07, 6.45) is 3.27. The Hall–Kier alpha value is -2.35. The van der Waals surface area contributed by atoms with Crippen LogP contribution in [-0.2, 0) is 4.74 Å². The molecule has 154 valence electrons. The van der Waals surface area contributed by atoms with Crippen LogP contribution in [0.15, 0.2) is 18.3 Å². The van der Waals surface area contributed by atoms with Crippen LogP contribution in [0.2, 0.25) is 0 Å². The minimum atomic E-state index is -0.955. The molecule has 8 nitrogen and oxygen atoms in total. The summed E-state index contributed by atoms with van der Waals surface area (Å²) in [6, 6.07) is 3.89. The SMILES string of the molecule is CC(C)(C)OC(=O)N1CCN(C2CCN(c3ccc(C(=O)O)cn3)CC2)CC1. The Morgan fingerprint density at radius 3 is 2.21 bits per heavy atom. The number of nitrogens with zero attached hydrogens (tertiary/aromatic N) is 4. The maximum Gasteiger partial charge on any atom is 0.410 e. The molecule has 2 fully saturated rings. The number of carboxylic acids is 1. The molecule has 28 heavy (non-hydrogen) atoms. The van der Waals surface area contributed by atoms with Gasteiger partial charge in [-0.15, -0.1) is 0 Å². The van der Waals surface area contributed by atoms with Crippen molar-refractivity contribution in [1.29, 1.82) is 0 Å². The topological polar surface area (TPSA) is 86.2 Å². The van der Waals surface area contributed by atoms with E-state index in [0.29, 0.717) is 19.1 Å². The van der Waals surface area contributed by atoms with E-state index in [9.17, 15) is 9.59 Å². The molecule has 0 bridgehead atoms. The Bertz CT molecular complexity index is 685. The number of rotatable bonds is 3. The van der Waals surface area contributed by atoms with Crippen LogP contribution in [0.5, 0.6) is 0 Å². The van der Waals surface area contributed by atoms with Crippen molar-refractivity contribution in [2.24, 2.45) is 0 Å². The fraction of sp³-hybridized carbons (Fsp3) is 0.650. The van der Waals surface area contributed by atoms with E-state index in [1.165, 1.54) is 6.20 Å². The van der Waals surface area contributed by atoms with Crippen molar-refractivity contribution in [1.82, 2.24) is 14.8 Å². The summed E-state index contributed by atoms with van der Waals surface area (Å²) in [5.74, 6) is -0.124. The number of piperidine rings is 1. The Morgan fingerprint density at radius 2 is 1.71 bits per heavy atom. The van der Waals surface area contributed by atoms with E-state index in [1.807, 2.05) is 20.8 Å². The van der Waals surface area contributed by atoms with Crippen molar-refractivity contribution in [2.75, 3.05) is 44.2 Å². The molecule has 0 aromatic carbocycles. The number of amides is 1. The number of carboxylic acid groups (broad SMARTS) is 1. The quantitative estimate of drug-likeness (QED) is 0.847. The summed E-state index contributed by atoms with van der Waals surface area (Å²) in [5.41, 5.74) is -0.251. The number of carbonyl (C=O) groups is 2. The summed E-state index contributed by atoms with van der Waals surface area (Å²) < 4.78 is 5.46. The fourth-order valence-corrected chi connectivity index (χ4v) is 3.76. The second-order valence-electron chi connectivity index (χ2n) is 8.43. The molecular formula is C20H30N4O4. The summed E-state index contributed by atoms with van der Waals surface area (Å²) >= 11 is 0. The zero-order valence-electron chi connectivity index (χ0n) is 16.9. The molecule has 0 aliphatic carbocycles. The molecule has 3 heterocycles. The second kappa shape index (κ2) is 8.34. The van der Waals surface area contributed by atoms with Crippen LogP contribution in [-0.4, -0.2) is 82.9 Å². The van der Waals surface area contributed by atoms with Crippen molar-refractivity contribution in [3.8, 4) is 0 Å². The zero-order chi connectivity index (χ0) is 20.3. The monoisotopic (exact) mass is 390 g/mol. The highest BCUT2D eigenvalue weighted by molar-refractivity contribution is 5.87. The lowest BCUT2D eigenvalue weighted by molar-refractivity contribution is 0.00899. The van der Waals surface area contributed by atoms with Crippen LogP contribution in [0, 0.1) is 0 Å². The van der Waals surface area contributed by atoms with E-state index in [0.717, 1.165) is 44.8 Å². The Morgan fingerprint density at radius 1 is 1.07 bits per heavy atom. The van der Waals surface area contributed by atoms with E-state index < -0.39 is 11.6 Å². The highest BCUT2D eigenvalue weighted by atomic mass is 16.6. The number of hydrogen-bond donors (Lipinski definition) is 1. The van der Waals surface area contributed by atoms with Gasteiger partial charge >= 0.3 is 12.1 Å². The smallest absolute Gasteiger partial charge is 0.410 e. The standard InChI is InChI=1S/C20H30N4O4/c1-20(2,3)28-19(27)24-12-10-22(11-13-24)16-6-8-23(9-7-16)17-5-4-15(14-21-17)18(25)26/h4-5,14,16H,6-13H2,1-3H3,(H,25,26). The predicted octanol–water partition coefficient (Wildman–Crippen LogP) is 2.30. The molecular weight excluding hydrogens is 360 g/mol. The minimum Gasteiger partial charge on any atom is -0.478 e. The number of pyridine rings is 1. The van der Waals surface area contributed by atoms with Gasteiger partial charge in [0, 0.05) is 51.5 Å². The van der Waals surface area contributed by atoms with E-state index in [1.54, 1.807) is 17.0 Å². The highest BCUT2D eigenvalue weighted by Crippen LogP contribution is 2.23. The first kappa shape index (κ1) is 20.4. The van der Waals surface area contributed by atoms with E-state index >= 15 is 0 Å².